The zero-order chi connectivity index (χ0) is 13.8. The van der Waals surface area contributed by atoms with E-state index < -0.39 is 0 Å². The quantitative estimate of drug-likeness (QED) is 0.876. The van der Waals surface area contributed by atoms with Gasteiger partial charge in [0.25, 0.3) is 0 Å². The first-order chi connectivity index (χ1) is 9.10. The van der Waals surface area contributed by atoms with Crippen LogP contribution in [0.25, 0.3) is 0 Å². The van der Waals surface area contributed by atoms with Crippen LogP contribution in [0.1, 0.15) is 16.7 Å². The van der Waals surface area contributed by atoms with Crippen LogP contribution in [0.2, 0.25) is 0 Å². The van der Waals surface area contributed by atoms with Crippen LogP contribution in [-0.2, 0) is 6.61 Å². The number of hydrogen-bond acceptors (Lipinski definition) is 3. The molecular weight excluding hydrogens is 304 g/mol. The van der Waals surface area contributed by atoms with E-state index in [1.165, 1.54) is 0 Å². The molecule has 0 bridgehead atoms. The first kappa shape index (κ1) is 13.4. The van der Waals surface area contributed by atoms with Gasteiger partial charge in [-0.15, -0.1) is 0 Å². The monoisotopic (exact) mass is 316 g/mol. The second-order valence-electron chi connectivity index (χ2n) is 4.22. The molecule has 0 aliphatic carbocycles. The van der Waals surface area contributed by atoms with Crippen molar-refractivity contribution in [1.82, 2.24) is 0 Å². The Morgan fingerprint density at radius 3 is 2.74 bits per heavy atom. The summed E-state index contributed by atoms with van der Waals surface area (Å²) in [5, 5.41) is 8.88. The molecule has 0 amide bonds. The van der Waals surface area contributed by atoms with Gasteiger partial charge in [0.2, 0.25) is 0 Å². The zero-order valence-corrected chi connectivity index (χ0v) is 12.1. The van der Waals surface area contributed by atoms with Gasteiger partial charge in [0.15, 0.2) is 0 Å². The van der Waals surface area contributed by atoms with Crippen molar-refractivity contribution in [3.05, 3.63) is 57.6 Å². The van der Waals surface area contributed by atoms with Gasteiger partial charge >= 0.3 is 0 Å². The van der Waals surface area contributed by atoms with Crippen molar-refractivity contribution < 1.29 is 4.74 Å². The summed E-state index contributed by atoms with van der Waals surface area (Å²) in [4.78, 5) is 0. The Balaban J connectivity index is 2.16. The molecule has 0 aromatic heterocycles. The fourth-order valence-corrected chi connectivity index (χ4v) is 2.06. The van der Waals surface area contributed by atoms with Crippen molar-refractivity contribution >= 4 is 21.6 Å². The third-order valence-electron chi connectivity index (χ3n) is 2.81. The first-order valence-electron chi connectivity index (χ1n) is 5.77. The fraction of sp³-hybridized carbons (Fsp3) is 0.133. The highest BCUT2D eigenvalue weighted by Crippen LogP contribution is 2.23. The van der Waals surface area contributed by atoms with Crippen molar-refractivity contribution in [3.63, 3.8) is 0 Å². The molecule has 0 atom stereocenters. The lowest BCUT2D eigenvalue weighted by molar-refractivity contribution is 0.304. The van der Waals surface area contributed by atoms with Crippen LogP contribution < -0.4 is 10.5 Å². The molecule has 0 saturated heterocycles. The molecule has 19 heavy (non-hydrogen) atoms. The van der Waals surface area contributed by atoms with Crippen LogP contribution in [0.4, 0.5) is 5.69 Å². The van der Waals surface area contributed by atoms with Gasteiger partial charge in [-0.1, -0.05) is 28.1 Å². The Bertz CT molecular complexity index is 647. The molecule has 0 saturated carbocycles. The van der Waals surface area contributed by atoms with Gasteiger partial charge in [0.05, 0.1) is 11.6 Å². The predicted octanol–water partition coefficient (Wildman–Crippen LogP) is 3.79. The van der Waals surface area contributed by atoms with Crippen molar-refractivity contribution in [3.8, 4) is 11.8 Å². The number of nitriles is 1. The second-order valence-corrected chi connectivity index (χ2v) is 5.14. The highest BCUT2D eigenvalue weighted by atomic mass is 79.9. The number of rotatable bonds is 3. The minimum Gasteiger partial charge on any atom is -0.489 e. The SMILES string of the molecule is Cc1ccc(C#N)cc1OCc1ccc(Br)cc1N. The number of benzene rings is 2. The van der Waals surface area contributed by atoms with E-state index in [-0.39, 0.29) is 0 Å². The Morgan fingerprint density at radius 1 is 1.26 bits per heavy atom. The molecule has 0 fully saturated rings. The summed E-state index contributed by atoms with van der Waals surface area (Å²) >= 11 is 3.37. The summed E-state index contributed by atoms with van der Waals surface area (Å²) in [6.07, 6.45) is 0. The third kappa shape index (κ3) is 3.27. The van der Waals surface area contributed by atoms with Crippen LogP contribution in [0.3, 0.4) is 0 Å². The number of nitrogens with two attached hydrogens (primary N) is 1. The average molecular weight is 317 g/mol. The molecule has 2 rings (SSSR count). The standard InChI is InChI=1S/C15H13BrN2O/c1-10-2-3-11(8-17)6-15(10)19-9-12-4-5-13(16)7-14(12)18/h2-7H,9,18H2,1H3. The first-order valence-corrected chi connectivity index (χ1v) is 6.57. The van der Waals surface area contributed by atoms with Crippen LogP contribution in [-0.4, -0.2) is 0 Å². The van der Waals surface area contributed by atoms with Crippen LogP contribution in [0.5, 0.6) is 5.75 Å². The maximum absolute atomic E-state index is 8.88. The molecule has 2 N–H and O–H groups in total. The van der Waals surface area contributed by atoms with E-state index in [1.54, 1.807) is 12.1 Å². The van der Waals surface area contributed by atoms with E-state index in [1.807, 2.05) is 31.2 Å². The highest BCUT2D eigenvalue weighted by molar-refractivity contribution is 9.10. The number of anilines is 1. The van der Waals surface area contributed by atoms with Crippen molar-refractivity contribution in [2.75, 3.05) is 5.73 Å². The molecule has 96 valence electrons. The third-order valence-corrected chi connectivity index (χ3v) is 3.30. The zero-order valence-electron chi connectivity index (χ0n) is 10.5. The molecule has 0 spiro atoms. The van der Waals surface area contributed by atoms with Crippen molar-refractivity contribution in [2.24, 2.45) is 0 Å². The van der Waals surface area contributed by atoms with Crippen molar-refractivity contribution in [2.45, 2.75) is 13.5 Å². The molecule has 0 aliphatic rings. The maximum Gasteiger partial charge on any atom is 0.124 e. The summed E-state index contributed by atoms with van der Waals surface area (Å²) in [7, 11) is 0. The van der Waals surface area contributed by atoms with Gasteiger partial charge in [-0.2, -0.15) is 5.26 Å². The summed E-state index contributed by atoms with van der Waals surface area (Å²) in [5.74, 6) is 0.710. The Morgan fingerprint density at radius 2 is 2.05 bits per heavy atom. The molecule has 4 heteroatoms. The smallest absolute Gasteiger partial charge is 0.124 e. The van der Waals surface area contributed by atoms with E-state index in [0.717, 1.165) is 15.6 Å². The van der Waals surface area contributed by atoms with E-state index in [2.05, 4.69) is 22.0 Å². The second kappa shape index (κ2) is 5.77. The van der Waals surface area contributed by atoms with Crippen LogP contribution >= 0.6 is 15.9 Å². The topological polar surface area (TPSA) is 59.0 Å². The van der Waals surface area contributed by atoms with Crippen LogP contribution in [0, 0.1) is 18.3 Å². The van der Waals surface area contributed by atoms with Crippen LogP contribution in [0.15, 0.2) is 40.9 Å². The molecule has 0 unspecified atom stereocenters. The summed E-state index contributed by atoms with van der Waals surface area (Å²) < 4.78 is 6.68. The molecule has 0 heterocycles. The lowest BCUT2D eigenvalue weighted by Gasteiger charge is -2.11. The molecular formula is C15H13BrN2O. The van der Waals surface area contributed by atoms with Gasteiger partial charge in [0, 0.05) is 15.7 Å². The van der Waals surface area contributed by atoms with E-state index in [0.29, 0.717) is 23.6 Å². The lowest BCUT2D eigenvalue weighted by atomic mass is 10.1. The normalized spacial score (nSPS) is 9.95. The lowest BCUT2D eigenvalue weighted by Crippen LogP contribution is -2.01. The number of nitrogen functional groups attached to an aromatic ring is 1. The maximum atomic E-state index is 8.88. The molecule has 0 aliphatic heterocycles. The number of nitrogens with zero attached hydrogens (tertiary/aromatic N) is 1. The van der Waals surface area contributed by atoms with Gasteiger partial charge in [0.1, 0.15) is 12.4 Å². The number of ether oxygens (including phenoxy) is 1. The fourth-order valence-electron chi connectivity index (χ4n) is 1.68. The number of hydrogen-bond donors (Lipinski definition) is 1. The minimum absolute atomic E-state index is 0.384. The molecule has 0 radical (unpaired) electrons. The summed E-state index contributed by atoms with van der Waals surface area (Å²) in [6, 6.07) is 13.2. The van der Waals surface area contributed by atoms with E-state index in [4.69, 9.17) is 15.7 Å². The Hall–Kier alpha value is -1.99. The van der Waals surface area contributed by atoms with E-state index >= 15 is 0 Å². The average Bonchev–Trinajstić information content (AvgIpc) is 2.39. The molecule has 2 aromatic carbocycles. The highest BCUT2D eigenvalue weighted by Gasteiger charge is 2.04. The molecule has 3 nitrogen and oxygen atoms in total. The van der Waals surface area contributed by atoms with Crippen molar-refractivity contribution in [1.29, 1.82) is 5.26 Å². The van der Waals surface area contributed by atoms with Gasteiger partial charge in [-0.3, -0.25) is 0 Å². The van der Waals surface area contributed by atoms with Gasteiger partial charge in [-0.05, 0) is 36.8 Å². The van der Waals surface area contributed by atoms with Gasteiger partial charge < -0.3 is 10.5 Å². The summed E-state index contributed by atoms with van der Waals surface area (Å²) in [6.45, 7) is 2.33. The molecule has 2 aromatic rings. The van der Waals surface area contributed by atoms with E-state index in [9.17, 15) is 0 Å². The Labute approximate surface area is 120 Å². The predicted molar refractivity (Wildman–Crippen MR) is 78.8 cm³/mol. The Kier molecular flexibility index (Phi) is 4.08. The number of halogens is 1. The number of aryl methyl sites for hydroxylation is 1. The minimum atomic E-state index is 0.384. The summed E-state index contributed by atoms with van der Waals surface area (Å²) in [5.41, 5.74) is 9.10. The largest absolute Gasteiger partial charge is 0.489 e. The van der Waals surface area contributed by atoms with Gasteiger partial charge in [-0.25, -0.2) is 0 Å².